The number of anilines is 1. The van der Waals surface area contributed by atoms with E-state index in [1.54, 1.807) is 12.1 Å². The number of hydrogen-bond acceptors (Lipinski definition) is 5. The number of halogens is 1. The highest BCUT2D eigenvalue weighted by Crippen LogP contribution is 2.35. The molecule has 0 spiro atoms. The van der Waals surface area contributed by atoms with Crippen molar-refractivity contribution >= 4 is 23.1 Å². The minimum Gasteiger partial charge on any atom is -0.383 e. The van der Waals surface area contributed by atoms with Gasteiger partial charge in [0.1, 0.15) is 22.5 Å². The second-order valence-corrected chi connectivity index (χ2v) is 6.12. The Morgan fingerprint density at radius 1 is 1.15 bits per heavy atom. The Balaban J connectivity index is 2.23. The van der Waals surface area contributed by atoms with E-state index in [4.69, 9.17) is 17.3 Å². The van der Waals surface area contributed by atoms with Gasteiger partial charge in [0.2, 0.25) is 0 Å². The summed E-state index contributed by atoms with van der Waals surface area (Å²) in [5, 5.41) is 20.7. The molecule has 3 aromatic rings. The Kier molecular flexibility index (Phi) is 4.57. The summed E-state index contributed by atoms with van der Waals surface area (Å²) >= 11 is 5.88. The van der Waals surface area contributed by atoms with E-state index < -0.39 is 4.92 Å². The van der Waals surface area contributed by atoms with E-state index in [0.29, 0.717) is 16.8 Å². The molecule has 0 atom stereocenters. The van der Waals surface area contributed by atoms with Gasteiger partial charge in [0, 0.05) is 17.2 Å². The third-order valence-electron chi connectivity index (χ3n) is 3.96. The van der Waals surface area contributed by atoms with Crippen LogP contribution in [0, 0.1) is 28.4 Å². The van der Waals surface area contributed by atoms with Gasteiger partial charge in [-0.05, 0) is 24.6 Å². The molecule has 128 valence electrons. The molecule has 1 aromatic heterocycles. The van der Waals surface area contributed by atoms with Crippen molar-refractivity contribution in [1.29, 1.82) is 5.26 Å². The van der Waals surface area contributed by atoms with Gasteiger partial charge in [-0.25, -0.2) is 4.98 Å². The molecule has 0 fully saturated rings. The molecule has 3 rings (SSSR count). The van der Waals surface area contributed by atoms with Crippen LogP contribution in [-0.2, 0) is 0 Å². The first-order valence-corrected chi connectivity index (χ1v) is 8.00. The van der Waals surface area contributed by atoms with E-state index in [2.05, 4.69) is 4.98 Å². The Bertz CT molecular complexity index is 1060. The first kappa shape index (κ1) is 17.4. The number of aromatic nitrogens is 1. The number of nitro benzene ring substituents is 1. The third-order valence-corrected chi connectivity index (χ3v) is 4.28. The molecule has 0 saturated carbocycles. The van der Waals surface area contributed by atoms with Crippen LogP contribution in [0.25, 0.3) is 22.4 Å². The number of benzene rings is 2. The van der Waals surface area contributed by atoms with Crippen LogP contribution in [0.3, 0.4) is 0 Å². The van der Waals surface area contributed by atoms with Gasteiger partial charge in [0.15, 0.2) is 0 Å². The Morgan fingerprint density at radius 3 is 2.42 bits per heavy atom. The van der Waals surface area contributed by atoms with Crippen LogP contribution < -0.4 is 5.73 Å². The van der Waals surface area contributed by atoms with Gasteiger partial charge < -0.3 is 5.73 Å². The fourth-order valence-corrected chi connectivity index (χ4v) is 2.79. The number of nitrogens with zero attached hydrogens (tertiary/aromatic N) is 3. The van der Waals surface area contributed by atoms with Crippen LogP contribution in [0.4, 0.5) is 11.5 Å². The Labute approximate surface area is 154 Å². The number of aryl methyl sites for hydroxylation is 1. The lowest BCUT2D eigenvalue weighted by Gasteiger charge is -2.11. The number of nitrogens with two attached hydrogens (primary N) is 1. The van der Waals surface area contributed by atoms with Gasteiger partial charge in [-0.3, -0.25) is 10.1 Å². The summed E-state index contributed by atoms with van der Waals surface area (Å²) in [5.74, 6) is 0.0678. The van der Waals surface area contributed by atoms with Gasteiger partial charge in [0.25, 0.3) is 5.69 Å². The molecule has 2 aromatic carbocycles. The number of pyridine rings is 1. The standard InChI is InChI=1S/C19H13ClN4O2/c1-11-2-4-12(5-3-11)17-9-14(15(10-21)19(22)23-17)13-6-7-16(20)18(8-13)24(25)26/h2-9H,1H3,(H2,22,23). The van der Waals surface area contributed by atoms with Gasteiger partial charge in [-0.1, -0.05) is 47.5 Å². The number of rotatable bonds is 3. The average Bonchev–Trinajstić information content (AvgIpc) is 2.62. The summed E-state index contributed by atoms with van der Waals surface area (Å²) in [6.07, 6.45) is 0. The highest BCUT2D eigenvalue weighted by molar-refractivity contribution is 6.32. The van der Waals surface area contributed by atoms with Crippen LogP contribution in [0.2, 0.25) is 5.02 Å². The Morgan fingerprint density at radius 2 is 1.81 bits per heavy atom. The lowest BCUT2D eigenvalue weighted by atomic mass is 9.98. The fourth-order valence-electron chi connectivity index (χ4n) is 2.60. The molecule has 0 saturated heterocycles. The fraction of sp³-hybridized carbons (Fsp3) is 0.0526. The average molecular weight is 365 g/mol. The molecule has 6 nitrogen and oxygen atoms in total. The largest absolute Gasteiger partial charge is 0.383 e. The van der Waals surface area contributed by atoms with Gasteiger partial charge in [0.05, 0.1) is 10.6 Å². The Hall–Kier alpha value is -3.43. The first-order chi connectivity index (χ1) is 12.4. The SMILES string of the molecule is Cc1ccc(-c2cc(-c3ccc(Cl)c([N+](=O)[O-])c3)c(C#N)c(N)n2)cc1. The van der Waals surface area contributed by atoms with E-state index in [1.165, 1.54) is 12.1 Å². The second kappa shape index (κ2) is 6.82. The van der Waals surface area contributed by atoms with Crippen LogP contribution in [0.1, 0.15) is 11.1 Å². The van der Waals surface area contributed by atoms with Crippen molar-refractivity contribution < 1.29 is 4.92 Å². The van der Waals surface area contributed by atoms with Crippen LogP contribution in [-0.4, -0.2) is 9.91 Å². The van der Waals surface area contributed by atoms with Gasteiger partial charge in [-0.15, -0.1) is 0 Å². The minimum absolute atomic E-state index is 0.0260. The summed E-state index contributed by atoms with van der Waals surface area (Å²) in [6, 6.07) is 15.8. The third kappa shape index (κ3) is 3.21. The molecular formula is C19H13ClN4O2. The highest BCUT2D eigenvalue weighted by atomic mass is 35.5. The van der Waals surface area contributed by atoms with E-state index in [0.717, 1.165) is 11.1 Å². The zero-order valence-corrected chi connectivity index (χ0v) is 14.5. The van der Waals surface area contributed by atoms with Crippen molar-refractivity contribution in [3.63, 3.8) is 0 Å². The topological polar surface area (TPSA) is 106 Å². The van der Waals surface area contributed by atoms with Crippen molar-refractivity contribution in [3.05, 3.63) is 74.8 Å². The van der Waals surface area contributed by atoms with Crippen LogP contribution in [0.15, 0.2) is 48.5 Å². The molecule has 0 aliphatic carbocycles. The van der Waals surface area contributed by atoms with E-state index in [1.807, 2.05) is 37.3 Å². The highest BCUT2D eigenvalue weighted by Gasteiger charge is 2.18. The summed E-state index contributed by atoms with van der Waals surface area (Å²) in [6.45, 7) is 1.97. The molecule has 0 bridgehead atoms. The molecule has 0 amide bonds. The van der Waals surface area contributed by atoms with Crippen molar-refractivity contribution in [1.82, 2.24) is 4.98 Å². The molecule has 0 radical (unpaired) electrons. The quantitative estimate of drug-likeness (QED) is 0.533. The molecule has 0 aliphatic rings. The van der Waals surface area contributed by atoms with Gasteiger partial charge >= 0.3 is 0 Å². The lowest BCUT2D eigenvalue weighted by molar-refractivity contribution is -0.384. The molecular weight excluding hydrogens is 352 g/mol. The second-order valence-electron chi connectivity index (χ2n) is 5.72. The molecule has 1 heterocycles. The van der Waals surface area contributed by atoms with Crippen molar-refractivity contribution in [2.24, 2.45) is 0 Å². The number of hydrogen-bond donors (Lipinski definition) is 1. The predicted octanol–water partition coefficient (Wildman–Crippen LogP) is 4.74. The minimum atomic E-state index is -0.566. The maximum absolute atomic E-state index is 11.2. The summed E-state index contributed by atoms with van der Waals surface area (Å²) in [5.41, 5.74) is 9.35. The van der Waals surface area contributed by atoms with Gasteiger partial charge in [-0.2, -0.15) is 5.26 Å². The normalized spacial score (nSPS) is 10.3. The lowest BCUT2D eigenvalue weighted by Crippen LogP contribution is -2.00. The molecule has 0 unspecified atom stereocenters. The zero-order chi connectivity index (χ0) is 18.8. The summed E-state index contributed by atoms with van der Waals surface area (Å²) in [4.78, 5) is 14.9. The smallest absolute Gasteiger partial charge is 0.288 e. The van der Waals surface area contributed by atoms with Crippen molar-refractivity contribution in [2.75, 3.05) is 5.73 Å². The predicted molar refractivity (Wildman–Crippen MR) is 101 cm³/mol. The van der Waals surface area contributed by atoms with E-state index in [-0.39, 0.29) is 22.1 Å². The summed E-state index contributed by atoms with van der Waals surface area (Å²) < 4.78 is 0. The van der Waals surface area contributed by atoms with Crippen LogP contribution >= 0.6 is 11.6 Å². The maximum atomic E-state index is 11.2. The van der Waals surface area contributed by atoms with Crippen molar-refractivity contribution in [3.8, 4) is 28.5 Å². The monoisotopic (exact) mass is 364 g/mol. The van der Waals surface area contributed by atoms with E-state index >= 15 is 0 Å². The molecule has 2 N–H and O–H groups in total. The number of nitrogen functional groups attached to an aromatic ring is 1. The zero-order valence-electron chi connectivity index (χ0n) is 13.7. The molecule has 26 heavy (non-hydrogen) atoms. The number of nitro groups is 1. The first-order valence-electron chi connectivity index (χ1n) is 7.62. The van der Waals surface area contributed by atoms with Crippen molar-refractivity contribution in [2.45, 2.75) is 6.92 Å². The molecule has 0 aliphatic heterocycles. The van der Waals surface area contributed by atoms with E-state index in [9.17, 15) is 15.4 Å². The van der Waals surface area contributed by atoms with Crippen LogP contribution in [0.5, 0.6) is 0 Å². The molecule has 7 heteroatoms. The number of nitriles is 1. The summed E-state index contributed by atoms with van der Waals surface area (Å²) in [7, 11) is 0. The maximum Gasteiger partial charge on any atom is 0.288 e.